The number of hydrogen-bond acceptors (Lipinski definition) is 5. The lowest BCUT2D eigenvalue weighted by Gasteiger charge is -2.20. The molecule has 0 heterocycles. The summed E-state index contributed by atoms with van der Waals surface area (Å²) in [6, 6.07) is -0.630. The molecule has 2 atom stereocenters. The molecule has 0 aliphatic rings. The van der Waals surface area contributed by atoms with E-state index in [0.717, 1.165) is 44.9 Å². The predicted octanol–water partition coefficient (Wildman–Crippen LogP) is 17.9. The summed E-state index contributed by atoms with van der Waals surface area (Å²) in [7, 11) is 0. The number of allylic oxidation sites excluding steroid dienone is 3. The van der Waals surface area contributed by atoms with Crippen LogP contribution in [0.25, 0.3) is 0 Å². The van der Waals surface area contributed by atoms with E-state index in [4.69, 9.17) is 4.74 Å². The summed E-state index contributed by atoms with van der Waals surface area (Å²) in [5.74, 6) is -0.0722. The number of carbonyl (C=O) groups excluding carboxylic acids is 2. The summed E-state index contributed by atoms with van der Waals surface area (Å²) in [5, 5.41) is 23.1. The van der Waals surface area contributed by atoms with Crippen molar-refractivity contribution >= 4 is 11.9 Å². The van der Waals surface area contributed by atoms with E-state index in [1.165, 1.54) is 244 Å². The average Bonchev–Trinajstić information content (AvgIpc) is 3.31. The second kappa shape index (κ2) is 54.9. The van der Waals surface area contributed by atoms with Gasteiger partial charge in [0.25, 0.3) is 0 Å². The number of nitrogens with one attached hydrogen (secondary N) is 1. The third-order valence-electron chi connectivity index (χ3n) is 13.5. The minimum absolute atomic E-state index is 0.00128. The van der Waals surface area contributed by atoms with Crippen molar-refractivity contribution in [3.05, 3.63) is 24.3 Å². The second-order valence-corrected chi connectivity index (χ2v) is 20.0. The first-order chi connectivity index (χ1) is 32.0. The van der Waals surface area contributed by atoms with Gasteiger partial charge in [-0.25, -0.2) is 0 Å². The van der Waals surface area contributed by atoms with E-state index in [0.29, 0.717) is 19.4 Å². The molecule has 0 fully saturated rings. The lowest BCUT2D eigenvalue weighted by atomic mass is 10.0. The Kier molecular flexibility index (Phi) is 53.5. The standard InChI is InChI=1S/C59H113NO5/c1-3-5-7-9-11-13-15-17-23-27-31-35-39-43-47-51-57(62)56(55-61)60-58(63)52-48-44-40-36-32-28-25-21-19-20-22-26-30-34-38-42-46-50-54-65-59(64)53-49-45-41-37-33-29-24-18-16-14-12-10-8-6-4-2/h18,24,47,51,56-57,61-62H,3-17,19-23,25-46,48-50,52-55H2,1-2H3,(H,60,63)/b24-18-,51-47+. The smallest absolute Gasteiger partial charge is 0.305 e. The highest BCUT2D eigenvalue weighted by atomic mass is 16.5. The highest BCUT2D eigenvalue weighted by molar-refractivity contribution is 5.76. The zero-order valence-corrected chi connectivity index (χ0v) is 43.7. The molecule has 6 nitrogen and oxygen atoms in total. The number of esters is 1. The van der Waals surface area contributed by atoms with Gasteiger partial charge >= 0.3 is 5.97 Å². The number of unbranched alkanes of at least 4 members (excludes halogenated alkanes) is 41. The van der Waals surface area contributed by atoms with Crippen LogP contribution in [0, 0.1) is 0 Å². The van der Waals surface area contributed by atoms with E-state index in [1.807, 2.05) is 6.08 Å². The zero-order chi connectivity index (χ0) is 47.2. The van der Waals surface area contributed by atoms with Gasteiger partial charge in [-0.15, -0.1) is 0 Å². The van der Waals surface area contributed by atoms with E-state index in [9.17, 15) is 19.8 Å². The molecule has 0 aliphatic heterocycles. The molecule has 3 N–H and O–H groups in total. The van der Waals surface area contributed by atoms with Gasteiger partial charge in [-0.2, -0.15) is 0 Å². The fraction of sp³-hybridized carbons (Fsp3) is 0.898. The highest BCUT2D eigenvalue weighted by Crippen LogP contribution is 2.17. The minimum Gasteiger partial charge on any atom is -0.466 e. The molecule has 384 valence electrons. The quantitative estimate of drug-likeness (QED) is 0.0321. The van der Waals surface area contributed by atoms with Crippen molar-refractivity contribution in [2.24, 2.45) is 0 Å². The molecule has 0 radical (unpaired) electrons. The fourth-order valence-electron chi connectivity index (χ4n) is 8.98. The lowest BCUT2D eigenvalue weighted by Crippen LogP contribution is -2.45. The summed E-state index contributed by atoms with van der Waals surface area (Å²) < 4.78 is 5.47. The molecule has 0 aromatic carbocycles. The molecule has 0 saturated carbocycles. The van der Waals surface area contributed by atoms with Crippen molar-refractivity contribution < 1.29 is 24.5 Å². The normalized spacial score (nSPS) is 12.7. The van der Waals surface area contributed by atoms with Gasteiger partial charge < -0.3 is 20.3 Å². The molecule has 0 saturated heterocycles. The Bertz CT molecular complexity index is 1010. The molecule has 0 aromatic heterocycles. The first-order valence-corrected chi connectivity index (χ1v) is 29.1. The maximum atomic E-state index is 12.5. The van der Waals surface area contributed by atoms with Crippen LogP contribution in [0.2, 0.25) is 0 Å². The third kappa shape index (κ3) is 51.6. The number of ether oxygens (including phenoxy) is 1. The SMILES string of the molecule is CCCCCCCC/C=C\CCCCCCCC(=O)OCCCCCCCCCCCCCCCCCCCCC(=O)NC(CO)C(O)/C=C/CCCCCCCCCCCCCCC. The molecule has 0 spiro atoms. The molecule has 0 bridgehead atoms. The fourth-order valence-corrected chi connectivity index (χ4v) is 8.98. The summed E-state index contributed by atoms with van der Waals surface area (Å²) in [5.41, 5.74) is 0. The van der Waals surface area contributed by atoms with Crippen LogP contribution in [0.4, 0.5) is 0 Å². The Morgan fingerprint density at radius 1 is 0.415 bits per heavy atom. The molecular weight excluding hydrogens is 803 g/mol. The summed E-state index contributed by atoms with van der Waals surface area (Å²) in [6.45, 7) is 4.90. The number of rotatable bonds is 54. The maximum Gasteiger partial charge on any atom is 0.305 e. The monoisotopic (exact) mass is 916 g/mol. The molecule has 1 amide bonds. The Labute approximate surface area is 405 Å². The Balaban J connectivity index is 3.43. The number of hydrogen-bond donors (Lipinski definition) is 3. The molecule has 0 aromatic rings. The van der Waals surface area contributed by atoms with Gasteiger partial charge in [0.1, 0.15) is 0 Å². The topological polar surface area (TPSA) is 95.9 Å². The van der Waals surface area contributed by atoms with Gasteiger partial charge in [-0.05, 0) is 57.8 Å². The average molecular weight is 917 g/mol. The van der Waals surface area contributed by atoms with Gasteiger partial charge in [0.15, 0.2) is 0 Å². The summed E-state index contributed by atoms with van der Waals surface area (Å²) >= 11 is 0. The van der Waals surface area contributed by atoms with Crippen LogP contribution in [0.1, 0.15) is 316 Å². The molecular formula is C59H113NO5. The van der Waals surface area contributed by atoms with Crippen LogP contribution in [-0.2, 0) is 14.3 Å². The molecule has 6 heteroatoms. The van der Waals surface area contributed by atoms with Crippen molar-refractivity contribution in [2.45, 2.75) is 328 Å². The van der Waals surface area contributed by atoms with E-state index in [-0.39, 0.29) is 18.5 Å². The minimum atomic E-state index is -0.847. The van der Waals surface area contributed by atoms with Crippen LogP contribution in [-0.4, -0.2) is 47.4 Å². The van der Waals surface area contributed by atoms with Crippen LogP contribution in [0.5, 0.6) is 0 Å². The van der Waals surface area contributed by atoms with E-state index in [1.54, 1.807) is 6.08 Å². The van der Waals surface area contributed by atoms with Crippen molar-refractivity contribution in [1.82, 2.24) is 5.32 Å². The summed E-state index contributed by atoms with van der Waals surface area (Å²) in [6.07, 6.45) is 66.2. The Morgan fingerprint density at radius 2 is 0.723 bits per heavy atom. The van der Waals surface area contributed by atoms with Crippen LogP contribution < -0.4 is 5.32 Å². The number of amides is 1. The third-order valence-corrected chi connectivity index (χ3v) is 13.5. The molecule has 0 aliphatic carbocycles. The van der Waals surface area contributed by atoms with Crippen molar-refractivity contribution in [3.63, 3.8) is 0 Å². The first-order valence-electron chi connectivity index (χ1n) is 29.1. The first kappa shape index (κ1) is 63.3. The van der Waals surface area contributed by atoms with Crippen LogP contribution in [0.3, 0.4) is 0 Å². The van der Waals surface area contributed by atoms with E-state index in [2.05, 4.69) is 31.3 Å². The maximum absolute atomic E-state index is 12.5. The van der Waals surface area contributed by atoms with Gasteiger partial charge in [0.2, 0.25) is 5.91 Å². The largest absolute Gasteiger partial charge is 0.466 e. The molecule has 0 rings (SSSR count). The second-order valence-electron chi connectivity index (χ2n) is 20.0. The summed E-state index contributed by atoms with van der Waals surface area (Å²) in [4.78, 5) is 24.5. The zero-order valence-electron chi connectivity index (χ0n) is 43.7. The molecule has 2 unspecified atom stereocenters. The van der Waals surface area contributed by atoms with Crippen molar-refractivity contribution in [3.8, 4) is 0 Å². The number of aliphatic hydroxyl groups is 2. The van der Waals surface area contributed by atoms with Crippen LogP contribution in [0.15, 0.2) is 24.3 Å². The highest BCUT2D eigenvalue weighted by Gasteiger charge is 2.18. The van der Waals surface area contributed by atoms with Gasteiger partial charge in [-0.3, -0.25) is 9.59 Å². The Hall–Kier alpha value is -1.66. The number of aliphatic hydroxyl groups excluding tert-OH is 2. The van der Waals surface area contributed by atoms with Gasteiger partial charge in [0.05, 0.1) is 25.4 Å². The Morgan fingerprint density at radius 3 is 1.09 bits per heavy atom. The van der Waals surface area contributed by atoms with Crippen molar-refractivity contribution in [1.29, 1.82) is 0 Å². The number of carbonyl (C=O) groups is 2. The van der Waals surface area contributed by atoms with Gasteiger partial charge in [0, 0.05) is 12.8 Å². The van der Waals surface area contributed by atoms with Crippen LogP contribution >= 0.6 is 0 Å². The van der Waals surface area contributed by atoms with E-state index >= 15 is 0 Å². The van der Waals surface area contributed by atoms with Crippen molar-refractivity contribution in [2.75, 3.05) is 13.2 Å². The molecule has 65 heavy (non-hydrogen) atoms. The van der Waals surface area contributed by atoms with Gasteiger partial charge in [-0.1, -0.05) is 269 Å². The van der Waals surface area contributed by atoms with E-state index < -0.39 is 12.1 Å². The lowest BCUT2D eigenvalue weighted by molar-refractivity contribution is -0.143. The predicted molar refractivity (Wildman–Crippen MR) is 283 cm³/mol.